The number of hydrogen-bond donors (Lipinski definition) is 1. The third-order valence-corrected chi connectivity index (χ3v) is 3.29. The lowest BCUT2D eigenvalue weighted by molar-refractivity contribution is 0.608. The second-order valence-electron chi connectivity index (χ2n) is 4.90. The highest BCUT2D eigenvalue weighted by Gasteiger charge is 1.98. The molecule has 0 fully saturated rings. The lowest BCUT2D eigenvalue weighted by Gasteiger charge is -2.03. The number of imidazole rings is 1. The van der Waals surface area contributed by atoms with Crippen LogP contribution in [0.4, 0.5) is 0 Å². The summed E-state index contributed by atoms with van der Waals surface area (Å²) in [6.07, 6.45) is 8.73. The molecule has 2 rings (SSSR count). The maximum Gasteiger partial charge on any atom is 0.0949 e. The van der Waals surface area contributed by atoms with Crippen molar-refractivity contribution in [3.05, 3.63) is 54.1 Å². The molecule has 0 aliphatic carbocycles. The molecule has 0 unspecified atom stereocenters. The lowest BCUT2D eigenvalue weighted by Crippen LogP contribution is -2.10. The average molecular weight is 257 g/mol. The smallest absolute Gasteiger partial charge is 0.0949 e. The van der Waals surface area contributed by atoms with Gasteiger partial charge in [-0.05, 0) is 31.9 Å². The van der Waals surface area contributed by atoms with Crippen LogP contribution in [0.2, 0.25) is 0 Å². The van der Waals surface area contributed by atoms with Crippen molar-refractivity contribution in [3.8, 4) is 0 Å². The summed E-state index contributed by atoms with van der Waals surface area (Å²) in [5.74, 6) is 0. The van der Waals surface area contributed by atoms with Gasteiger partial charge < -0.3 is 9.88 Å². The van der Waals surface area contributed by atoms with Gasteiger partial charge in [0.15, 0.2) is 0 Å². The lowest BCUT2D eigenvalue weighted by atomic mass is 10.1. The Morgan fingerprint density at radius 1 is 1.11 bits per heavy atom. The molecule has 3 nitrogen and oxygen atoms in total. The molecular formula is C16H23N3. The van der Waals surface area contributed by atoms with E-state index < -0.39 is 0 Å². The van der Waals surface area contributed by atoms with Crippen molar-refractivity contribution in [2.45, 2.75) is 32.2 Å². The molecule has 3 heteroatoms. The monoisotopic (exact) mass is 257 g/mol. The minimum absolute atomic E-state index is 0.991. The first-order valence-electron chi connectivity index (χ1n) is 7.07. The second-order valence-corrected chi connectivity index (χ2v) is 4.90. The largest absolute Gasteiger partial charge is 0.337 e. The van der Waals surface area contributed by atoms with Gasteiger partial charge in [-0.15, -0.1) is 0 Å². The van der Waals surface area contributed by atoms with Crippen LogP contribution in [-0.2, 0) is 19.4 Å². The summed E-state index contributed by atoms with van der Waals surface area (Å²) in [5.41, 5.74) is 2.61. The number of hydrogen-bond acceptors (Lipinski definition) is 2. The number of nitrogens with one attached hydrogen (secondary N) is 1. The highest BCUT2D eigenvalue weighted by molar-refractivity contribution is 5.14. The Labute approximate surface area is 115 Å². The van der Waals surface area contributed by atoms with Crippen LogP contribution in [0.3, 0.4) is 0 Å². The van der Waals surface area contributed by atoms with E-state index >= 15 is 0 Å². The van der Waals surface area contributed by atoms with Gasteiger partial charge >= 0.3 is 0 Å². The summed E-state index contributed by atoms with van der Waals surface area (Å²) in [4.78, 5) is 4.41. The number of likely N-dealkylation sites (N-methyl/N-ethyl adjacent to an activating group) is 1. The molecule has 0 atom stereocenters. The summed E-state index contributed by atoms with van der Waals surface area (Å²) < 4.78 is 2.20. The molecule has 0 radical (unpaired) electrons. The molecule has 0 saturated heterocycles. The first kappa shape index (κ1) is 13.8. The van der Waals surface area contributed by atoms with E-state index in [0.717, 1.165) is 19.5 Å². The molecular weight excluding hydrogens is 234 g/mol. The fourth-order valence-electron chi connectivity index (χ4n) is 2.18. The number of aryl methyl sites for hydroxylation is 2. The predicted molar refractivity (Wildman–Crippen MR) is 79.2 cm³/mol. The maximum absolute atomic E-state index is 4.41. The minimum atomic E-state index is 0.991. The maximum atomic E-state index is 4.41. The van der Waals surface area contributed by atoms with E-state index in [-0.39, 0.29) is 0 Å². The Kier molecular flexibility index (Phi) is 5.63. The molecule has 1 heterocycles. The van der Waals surface area contributed by atoms with E-state index in [2.05, 4.69) is 51.4 Å². The van der Waals surface area contributed by atoms with Gasteiger partial charge in [-0.2, -0.15) is 0 Å². The minimum Gasteiger partial charge on any atom is -0.337 e. The van der Waals surface area contributed by atoms with Gasteiger partial charge in [-0.1, -0.05) is 30.3 Å². The number of nitrogens with zero attached hydrogens (tertiary/aromatic N) is 2. The highest BCUT2D eigenvalue weighted by Crippen LogP contribution is 2.06. The zero-order valence-corrected chi connectivity index (χ0v) is 11.7. The number of unbranched alkanes of at least 4 members (excludes halogenated alkanes) is 1. The fraction of sp³-hybridized carbons (Fsp3) is 0.438. The number of rotatable bonds is 8. The standard InChI is InChI=1S/C16H23N3/c1-17-11-10-16-13-19(14-18-16)12-6-5-9-15-7-3-2-4-8-15/h2-4,7-8,13-14,17H,5-6,9-12H2,1H3. The van der Waals surface area contributed by atoms with Gasteiger partial charge in [-0.3, -0.25) is 0 Å². The normalized spacial score (nSPS) is 10.8. The first-order chi connectivity index (χ1) is 9.38. The van der Waals surface area contributed by atoms with Gasteiger partial charge in [0.1, 0.15) is 0 Å². The third kappa shape index (κ3) is 4.87. The van der Waals surface area contributed by atoms with Crippen molar-refractivity contribution >= 4 is 0 Å². The van der Waals surface area contributed by atoms with Crippen LogP contribution >= 0.6 is 0 Å². The van der Waals surface area contributed by atoms with Crippen LogP contribution in [0.5, 0.6) is 0 Å². The molecule has 2 aromatic rings. The zero-order chi connectivity index (χ0) is 13.3. The molecule has 0 aliphatic rings. The van der Waals surface area contributed by atoms with Crippen molar-refractivity contribution < 1.29 is 0 Å². The fourth-order valence-corrected chi connectivity index (χ4v) is 2.18. The molecule has 0 saturated carbocycles. The number of aromatic nitrogens is 2. The third-order valence-electron chi connectivity index (χ3n) is 3.29. The molecule has 1 aromatic carbocycles. The van der Waals surface area contributed by atoms with Crippen LogP contribution < -0.4 is 5.32 Å². The predicted octanol–water partition coefficient (Wildman–Crippen LogP) is 2.67. The van der Waals surface area contributed by atoms with E-state index in [1.165, 1.54) is 30.5 Å². The van der Waals surface area contributed by atoms with Gasteiger partial charge in [0.2, 0.25) is 0 Å². The summed E-state index contributed by atoms with van der Waals surface area (Å²) in [7, 11) is 1.97. The van der Waals surface area contributed by atoms with Crippen molar-refractivity contribution in [3.63, 3.8) is 0 Å². The average Bonchev–Trinajstić information content (AvgIpc) is 2.90. The van der Waals surface area contributed by atoms with E-state index in [1.54, 1.807) is 0 Å². The van der Waals surface area contributed by atoms with Gasteiger partial charge in [0.05, 0.1) is 12.0 Å². The quantitative estimate of drug-likeness (QED) is 0.737. The summed E-state index contributed by atoms with van der Waals surface area (Å²) in [5, 5.41) is 3.15. The SMILES string of the molecule is CNCCc1cn(CCCCc2ccccc2)cn1. The van der Waals surface area contributed by atoms with Crippen LogP contribution in [0.1, 0.15) is 24.1 Å². The summed E-state index contributed by atoms with van der Waals surface area (Å²) >= 11 is 0. The highest BCUT2D eigenvalue weighted by atomic mass is 15.0. The molecule has 1 aromatic heterocycles. The second kappa shape index (κ2) is 7.74. The van der Waals surface area contributed by atoms with E-state index in [0.29, 0.717) is 0 Å². The summed E-state index contributed by atoms with van der Waals surface area (Å²) in [6, 6.07) is 10.7. The van der Waals surface area contributed by atoms with Crippen molar-refractivity contribution in [2.24, 2.45) is 0 Å². The topological polar surface area (TPSA) is 29.9 Å². The molecule has 1 N–H and O–H groups in total. The molecule has 19 heavy (non-hydrogen) atoms. The zero-order valence-electron chi connectivity index (χ0n) is 11.7. The Bertz CT molecular complexity index is 462. The Balaban J connectivity index is 1.66. The van der Waals surface area contributed by atoms with E-state index in [9.17, 15) is 0 Å². The Morgan fingerprint density at radius 3 is 2.74 bits per heavy atom. The van der Waals surface area contributed by atoms with Crippen molar-refractivity contribution in [1.29, 1.82) is 0 Å². The number of benzene rings is 1. The molecule has 102 valence electrons. The van der Waals surface area contributed by atoms with Crippen molar-refractivity contribution in [1.82, 2.24) is 14.9 Å². The van der Waals surface area contributed by atoms with Crippen LogP contribution in [0.25, 0.3) is 0 Å². The first-order valence-corrected chi connectivity index (χ1v) is 7.07. The Hall–Kier alpha value is -1.61. The van der Waals surface area contributed by atoms with E-state index in [4.69, 9.17) is 0 Å². The summed E-state index contributed by atoms with van der Waals surface area (Å²) in [6.45, 7) is 2.06. The molecule has 0 bridgehead atoms. The van der Waals surface area contributed by atoms with Crippen LogP contribution in [0, 0.1) is 0 Å². The Morgan fingerprint density at radius 2 is 1.95 bits per heavy atom. The van der Waals surface area contributed by atoms with Crippen molar-refractivity contribution in [2.75, 3.05) is 13.6 Å². The van der Waals surface area contributed by atoms with E-state index in [1.807, 2.05) is 13.4 Å². The van der Waals surface area contributed by atoms with Gasteiger partial charge in [0.25, 0.3) is 0 Å². The van der Waals surface area contributed by atoms with Crippen LogP contribution in [-0.4, -0.2) is 23.1 Å². The van der Waals surface area contributed by atoms with Gasteiger partial charge in [-0.25, -0.2) is 4.98 Å². The molecule has 0 amide bonds. The van der Waals surface area contributed by atoms with Gasteiger partial charge in [0, 0.05) is 25.7 Å². The van der Waals surface area contributed by atoms with Crippen LogP contribution in [0.15, 0.2) is 42.9 Å². The molecule has 0 aliphatic heterocycles. The molecule has 0 spiro atoms.